The maximum Gasteiger partial charge on any atom is 0.137 e. The molecule has 1 rings (SSSR count). The van der Waals surface area contributed by atoms with Gasteiger partial charge in [-0.15, -0.1) is 0 Å². The van der Waals surface area contributed by atoms with Crippen LogP contribution in [0.3, 0.4) is 0 Å². The van der Waals surface area contributed by atoms with Crippen LogP contribution in [0.2, 0.25) is 0 Å². The van der Waals surface area contributed by atoms with E-state index in [1.54, 1.807) is 18.0 Å². The first-order chi connectivity index (χ1) is 4.88. The van der Waals surface area contributed by atoms with E-state index in [-0.39, 0.29) is 0 Å². The third-order valence-electron chi connectivity index (χ3n) is 1.16. The molecule has 0 unspecified atom stereocenters. The number of aromatic nitrogens is 1. The summed E-state index contributed by atoms with van der Waals surface area (Å²) in [4.78, 5) is 7.61. The highest BCUT2D eigenvalue weighted by Gasteiger charge is 1.90. The van der Waals surface area contributed by atoms with Crippen molar-refractivity contribution >= 4 is 18.9 Å². The van der Waals surface area contributed by atoms with Crippen molar-refractivity contribution < 1.29 is 0 Å². The summed E-state index contributed by atoms with van der Waals surface area (Å²) < 4.78 is 1.80. The molecule has 0 bridgehead atoms. The second-order valence-electron chi connectivity index (χ2n) is 1.81. The zero-order chi connectivity index (χ0) is 7.40. The van der Waals surface area contributed by atoms with Gasteiger partial charge in [0.2, 0.25) is 0 Å². The normalized spacial score (nSPS) is 10.5. The van der Waals surface area contributed by atoms with Gasteiger partial charge in [0.15, 0.2) is 0 Å². The van der Waals surface area contributed by atoms with Crippen molar-refractivity contribution in [3.63, 3.8) is 0 Å². The molecule has 0 aliphatic carbocycles. The SMILES string of the molecule is C=Nc1cccn1C=NC. The molecule has 0 amide bonds. The summed E-state index contributed by atoms with van der Waals surface area (Å²) in [6, 6.07) is 3.76. The largest absolute Gasteiger partial charge is 0.292 e. The maximum absolute atomic E-state index is 3.84. The molecule has 1 heterocycles. The van der Waals surface area contributed by atoms with Crippen molar-refractivity contribution in [3.8, 4) is 0 Å². The van der Waals surface area contributed by atoms with Crippen LogP contribution in [0.25, 0.3) is 0 Å². The minimum Gasteiger partial charge on any atom is -0.292 e. The summed E-state index contributed by atoms with van der Waals surface area (Å²) in [5, 5.41) is 0. The zero-order valence-electron chi connectivity index (χ0n) is 5.86. The van der Waals surface area contributed by atoms with Crippen molar-refractivity contribution in [2.24, 2.45) is 9.98 Å². The number of hydrogen-bond acceptors (Lipinski definition) is 2. The Kier molecular flexibility index (Phi) is 1.99. The average Bonchev–Trinajstić information content (AvgIpc) is 2.36. The molecule has 0 atom stereocenters. The summed E-state index contributed by atoms with van der Waals surface area (Å²) in [6.07, 6.45) is 3.56. The van der Waals surface area contributed by atoms with Crippen LogP contribution in [-0.2, 0) is 0 Å². The summed E-state index contributed by atoms with van der Waals surface area (Å²) in [7, 11) is 1.72. The Morgan fingerprint density at radius 1 is 1.70 bits per heavy atom. The molecule has 52 valence electrons. The quantitative estimate of drug-likeness (QED) is 0.432. The van der Waals surface area contributed by atoms with Gasteiger partial charge in [-0.25, -0.2) is 4.99 Å². The van der Waals surface area contributed by atoms with E-state index in [9.17, 15) is 0 Å². The first kappa shape index (κ1) is 6.74. The highest BCUT2D eigenvalue weighted by Crippen LogP contribution is 2.08. The highest BCUT2D eigenvalue weighted by atomic mass is 15.1. The minimum atomic E-state index is 0.811. The van der Waals surface area contributed by atoms with Crippen molar-refractivity contribution in [1.82, 2.24) is 4.57 Å². The van der Waals surface area contributed by atoms with E-state index < -0.39 is 0 Å². The van der Waals surface area contributed by atoms with E-state index >= 15 is 0 Å². The Labute approximate surface area is 59.7 Å². The van der Waals surface area contributed by atoms with Crippen molar-refractivity contribution in [3.05, 3.63) is 18.3 Å². The average molecular weight is 135 g/mol. The lowest BCUT2D eigenvalue weighted by molar-refractivity contribution is 1.17. The van der Waals surface area contributed by atoms with Crippen LogP contribution in [0.4, 0.5) is 5.82 Å². The topological polar surface area (TPSA) is 29.6 Å². The van der Waals surface area contributed by atoms with Crippen LogP contribution in [-0.4, -0.2) is 24.7 Å². The highest BCUT2D eigenvalue weighted by molar-refractivity contribution is 5.64. The second-order valence-corrected chi connectivity index (χ2v) is 1.81. The van der Waals surface area contributed by atoms with E-state index in [2.05, 4.69) is 16.7 Å². The maximum atomic E-state index is 3.84. The predicted octanol–water partition coefficient (Wildman–Crippen LogP) is 1.33. The first-order valence-electron chi connectivity index (χ1n) is 2.94. The monoisotopic (exact) mass is 135 g/mol. The Morgan fingerprint density at radius 2 is 2.50 bits per heavy atom. The molecule has 1 aromatic rings. The first-order valence-corrected chi connectivity index (χ1v) is 2.94. The summed E-state index contributed by atoms with van der Waals surface area (Å²) in [5.41, 5.74) is 0. The van der Waals surface area contributed by atoms with Gasteiger partial charge in [0.25, 0.3) is 0 Å². The zero-order valence-corrected chi connectivity index (χ0v) is 5.86. The fraction of sp³-hybridized carbons (Fsp3) is 0.143. The van der Waals surface area contributed by atoms with Gasteiger partial charge >= 0.3 is 0 Å². The summed E-state index contributed by atoms with van der Waals surface area (Å²) in [6.45, 7) is 3.41. The van der Waals surface area contributed by atoms with E-state index in [1.807, 2.05) is 18.3 Å². The molecule has 0 saturated carbocycles. The van der Waals surface area contributed by atoms with Crippen LogP contribution >= 0.6 is 0 Å². The molecule has 0 aromatic carbocycles. The number of nitrogens with zero attached hydrogens (tertiary/aromatic N) is 3. The minimum absolute atomic E-state index is 0.811. The molecule has 0 aliphatic rings. The van der Waals surface area contributed by atoms with E-state index in [4.69, 9.17) is 0 Å². The van der Waals surface area contributed by atoms with Crippen LogP contribution in [0, 0.1) is 0 Å². The van der Waals surface area contributed by atoms with Crippen LogP contribution in [0.5, 0.6) is 0 Å². The third-order valence-corrected chi connectivity index (χ3v) is 1.16. The molecule has 0 saturated heterocycles. The molecule has 0 N–H and O–H groups in total. The molecular weight excluding hydrogens is 126 g/mol. The molecule has 0 radical (unpaired) electrons. The molecular formula is C7H9N3. The Balaban J connectivity index is 3.00. The fourth-order valence-electron chi connectivity index (χ4n) is 0.741. The Bertz CT molecular complexity index is 247. The van der Waals surface area contributed by atoms with Gasteiger partial charge in [-0.1, -0.05) is 0 Å². The molecule has 3 heteroatoms. The van der Waals surface area contributed by atoms with E-state index in [1.165, 1.54) is 0 Å². The standard InChI is InChI=1S/C7H9N3/c1-8-6-10-5-3-4-7(10)9-2/h3-6H,2H2,1H3. The van der Waals surface area contributed by atoms with Crippen LogP contribution in [0.15, 0.2) is 28.3 Å². The summed E-state index contributed by atoms with van der Waals surface area (Å²) in [5.74, 6) is 0.811. The third kappa shape index (κ3) is 1.13. The lowest BCUT2D eigenvalue weighted by Gasteiger charge is -1.93. The Morgan fingerprint density at radius 3 is 3.10 bits per heavy atom. The van der Waals surface area contributed by atoms with E-state index in [0.29, 0.717) is 0 Å². The molecule has 3 nitrogen and oxygen atoms in total. The molecule has 1 aromatic heterocycles. The van der Waals surface area contributed by atoms with Gasteiger partial charge < -0.3 is 0 Å². The molecule has 0 spiro atoms. The smallest absolute Gasteiger partial charge is 0.137 e. The predicted molar refractivity (Wildman–Crippen MR) is 43.5 cm³/mol. The van der Waals surface area contributed by atoms with Gasteiger partial charge in [0.05, 0.1) is 6.34 Å². The van der Waals surface area contributed by atoms with Crippen LogP contribution in [0.1, 0.15) is 0 Å². The van der Waals surface area contributed by atoms with Gasteiger partial charge in [-0.2, -0.15) is 0 Å². The lowest BCUT2D eigenvalue weighted by Crippen LogP contribution is -1.90. The molecule has 10 heavy (non-hydrogen) atoms. The van der Waals surface area contributed by atoms with Crippen LogP contribution < -0.4 is 0 Å². The number of rotatable bonds is 2. The van der Waals surface area contributed by atoms with Gasteiger partial charge in [-0.05, 0) is 18.9 Å². The molecule has 0 aliphatic heterocycles. The van der Waals surface area contributed by atoms with Crippen molar-refractivity contribution in [1.29, 1.82) is 0 Å². The molecule has 0 fully saturated rings. The van der Waals surface area contributed by atoms with Gasteiger partial charge in [-0.3, -0.25) is 9.56 Å². The number of hydrogen-bond donors (Lipinski definition) is 0. The van der Waals surface area contributed by atoms with Crippen molar-refractivity contribution in [2.45, 2.75) is 0 Å². The fourth-order valence-corrected chi connectivity index (χ4v) is 0.741. The lowest BCUT2D eigenvalue weighted by atomic mass is 10.6. The Hall–Kier alpha value is -1.38. The second kappa shape index (κ2) is 2.96. The van der Waals surface area contributed by atoms with Gasteiger partial charge in [0.1, 0.15) is 5.82 Å². The number of aliphatic imine (C=N–C) groups is 2. The summed E-state index contributed by atoms with van der Waals surface area (Å²) >= 11 is 0. The van der Waals surface area contributed by atoms with E-state index in [0.717, 1.165) is 5.82 Å². The van der Waals surface area contributed by atoms with Crippen molar-refractivity contribution in [2.75, 3.05) is 7.05 Å². The van der Waals surface area contributed by atoms with Gasteiger partial charge in [0, 0.05) is 13.2 Å².